The summed E-state index contributed by atoms with van der Waals surface area (Å²) in [6.07, 6.45) is 3.24. The normalized spacial score (nSPS) is 18.7. The van der Waals surface area contributed by atoms with Crippen molar-refractivity contribution in [3.8, 4) is 5.00 Å². The number of hydrogen-bond acceptors (Lipinski definition) is 6. The van der Waals surface area contributed by atoms with Crippen LogP contribution in [-0.2, 0) is 29.0 Å². The Morgan fingerprint density at radius 1 is 1.25 bits per heavy atom. The first-order valence-electron chi connectivity index (χ1n) is 12.3. The van der Waals surface area contributed by atoms with Crippen molar-refractivity contribution in [1.82, 2.24) is 19.7 Å². The molecule has 8 nitrogen and oxygen atoms in total. The quantitative estimate of drug-likeness (QED) is 0.530. The van der Waals surface area contributed by atoms with Crippen LogP contribution in [0.4, 0.5) is 0 Å². The lowest BCUT2D eigenvalue weighted by molar-refractivity contribution is -0.137. The summed E-state index contributed by atoms with van der Waals surface area (Å²) in [7, 11) is 0. The van der Waals surface area contributed by atoms with Crippen LogP contribution in [0.25, 0.3) is 5.00 Å². The molecule has 1 aliphatic carbocycles. The Kier molecular flexibility index (Phi) is 5.72. The van der Waals surface area contributed by atoms with Gasteiger partial charge in [0.2, 0.25) is 5.91 Å². The van der Waals surface area contributed by atoms with Crippen molar-refractivity contribution in [2.24, 2.45) is 10.9 Å². The van der Waals surface area contributed by atoms with Crippen LogP contribution in [0.5, 0.6) is 0 Å². The van der Waals surface area contributed by atoms with E-state index >= 15 is 0 Å². The first kappa shape index (κ1) is 23.4. The Morgan fingerprint density at radius 3 is 2.78 bits per heavy atom. The number of nitrogens with zero attached hydrogens (tertiary/aromatic N) is 5. The van der Waals surface area contributed by atoms with Gasteiger partial charge in [0.1, 0.15) is 16.9 Å². The number of fused-ring (bicyclic) bond motifs is 5. The average molecular weight is 524 g/mol. The predicted molar refractivity (Wildman–Crippen MR) is 137 cm³/mol. The Balaban J connectivity index is 1.47. The van der Waals surface area contributed by atoms with E-state index in [-0.39, 0.29) is 24.3 Å². The van der Waals surface area contributed by atoms with Gasteiger partial charge in [0.15, 0.2) is 5.82 Å². The minimum absolute atomic E-state index is 0.0549. The van der Waals surface area contributed by atoms with E-state index in [2.05, 4.69) is 14.8 Å². The summed E-state index contributed by atoms with van der Waals surface area (Å²) in [5, 5.41) is 19.4. The molecule has 0 unspecified atom stereocenters. The molecular formula is C26H26ClN5O3S. The third-order valence-corrected chi connectivity index (χ3v) is 8.69. The largest absolute Gasteiger partial charge is 0.481 e. The number of carbonyl (C=O) groups is 2. The minimum atomic E-state index is -0.834. The number of aromatic nitrogens is 3. The maximum absolute atomic E-state index is 12.8. The fraction of sp³-hybridized carbons (Fsp3) is 0.423. The summed E-state index contributed by atoms with van der Waals surface area (Å²) in [5.74, 6) is 1.22. The number of carbonyl (C=O) groups excluding carboxylic acids is 1. The molecule has 186 valence electrons. The molecule has 1 aromatic carbocycles. The Bertz CT molecular complexity index is 1440. The molecule has 1 atom stereocenters. The summed E-state index contributed by atoms with van der Waals surface area (Å²) in [4.78, 5) is 32.1. The molecule has 36 heavy (non-hydrogen) atoms. The van der Waals surface area contributed by atoms with Crippen LogP contribution >= 0.6 is 22.9 Å². The Morgan fingerprint density at radius 2 is 2.06 bits per heavy atom. The molecule has 1 fully saturated rings. The number of carboxylic acids is 1. The Labute approximate surface area is 217 Å². The van der Waals surface area contributed by atoms with E-state index in [1.54, 1.807) is 11.3 Å². The summed E-state index contributed by atoms with van der Waals surface area (Å²) < 4.78 is 2.10. The number of hydrogen-bond donors (Lipinski definition) is 1. The molecule has 3 aromatic rings. The van der Waals surface area contributed by atoms with Crippen molar-refractivity contribution in [2.75, 3.05) is 6.54 Å². The third-order valence-electron chi connectivity index (χ3n) is 7.18. The van der Waals surface area contributed by atoms with Gasteiger partial charge < -0.3 is 10.0 Å². The van der Waals surface area contributed by atoms with Gasteiger partial charge in [0.05, 0.1) is 17.3 Å². The molecule has 0 saturated heterocycles. The number of aliphatic carboxylic acids is 1. The van der Waals surface area contributed by atoms with Gasteiger partial charge in [-0.15, -0.1) is 21.5 Å². The van der Waals surface area contributed by atoms with Gasteiger partial charge in [-0.05, 0) is 56.7 Å². The summed E-state index contributed by atoms with van der Waals surface area (Å²) in [5.41, 5.74) is 4.77. The van der Waals surface area contributed by atoms with Crippen LogP contribution < -0.4 is 0 Å². The number of rotatable bonds is 5. The molecule has 10 heteroatoms. The lowest BCUT2D eigenvalue weighted by Gasteiger charge is -2.27. The highest BCUT2D eigenvalue weighted by atomic mass is 35.5. The zero-order chi connectivity index (χ0) is 25.1. The first-order valence-corrected chi connectivity index (χ1v) is 13.5. The van der Waals surface area contributed by atoms with E-state index in [0.29, 0.717) is 24.5 Å². The van der Waals surface area contributed by atoms with E-state index in [4.69, 9.17) is 21.7 Å². The molecule has 2 aromatic heterocycles. The van der Waals surface area contributed by atoms with E-state index in [9.17, 15) is 9.59 Å². The van der Waals surface area contributed by atoms with Crippen molar-refractivity contribution in [2.45, 2.75) is 58.5 Å². The fourth-order valence-electron chi connectivity index (χ4n) is 5.15. The van der Waals surface area contributed by atoms with Gasteiger partial charge in [-0.3, -0.25) is 19.1 Å². The zero-order valence-corrected chi connectivity index (χ0v) is 21.7. The summed E-state index contributed by atoms with van der Waals surface area (Å²) in [6, 6.07) is 5.50. The molecule has 1 amide bonds. The summed E-state index contributed by atoms with van der Waals surface area (Å²) in [6.45, 7) is 5.27. The third kappa shape index (κ3) is 3.94. The molecule has 0 bridgehead atoms. The predicted octanol–water partition coefficient (Wildman–Crippen LogP) is 4.51. The Hall–Kier alpha value is -3.04. The maximum atomic E-state index is 12.8. The minimum Gasteiger partial charge on any atom is -0.481 e. The van der Waals surface area contributed by atoms with E-state index in [1.165, 1.54) is 10.4 Å². The smallest absolute Gasteiger partial charge is 0.303 e. The zero-order valence-electron chi connectivity index (χ0n) is 20.1. The highest BCUT2D eigenvalue weighted by molar-refractivity contribution is 7.15. The second-order valence-corrected chi connectivity index (χ2v) is 11.3. The number of benzene rings is 1. The number of aryl methyl sites for hydroxylation is 2. The van der Waals surface area contributed by atoms with Crippen LogP contribution in [0.15, 0.2) is 23.2 Å². The maximum Gasteiger partial charge on any atom is 0.303 e. The number of aliphatic imine (C=N–C) groups is 1. The van der Waals surface area contributed by atoms with Crippen molar-refractivity contribution in [3.63, 3.8) is 0 Å². The van der Waals surface area contributed by atoms with Crippen molar-refractivity contribution in [1.29, 1.82) is 0 Å². The van der Waals surface area contributed by atoms with Crippen molar-refractivity contribution >= 4 is 40.5 Å². The van der Waals surface area contributed by atoms with Gasteiger partial charge in [-0.1, -0.05) is 23.7 Å². The van der Waals surface area contributed by atoms with E-state index in [1.807, 2.05) is 36.9 Å². The van der Waals surface area contributed by atoms with Gasteiger partial charge in [0.25, 0.3) is 0 Å². The molecule has 1 saturated carbocycles. The van der Waals surface area contributed by atoms with Gasteiger partial charge in [-0.25, -0.2) is 0 Å². The monoisotopic (exact) mass is 523 g/mol. The fourth-order valence-corrected chi connectivity index (χ4v) is 6.86. The average Bonchev–Trinajstić information content (AvgIpc) is 3.55. The van der Waals surface area contributed by atoms with Crippen LogP contribution in [0, 0.1) is 12.8 Å². The SMILES string of the molecule is Cc1nnc2n1-c1sc3c(c1C(c1ccc(CCC(=O)O)cc1Cl)=N[C@H]2C)CCN(C(=O)C1CC1)C3. The van der Waals surface area contributed by atoms with E-state index in [0.717, 1.165) is 58.3 Å². The second kappa shape index (κ2) is 8.81. The molecule has 0 radical (unpaired) electrons. The second-order valence-electron chi connectivity index (χ2n) is 9.77. The lowest BCUT2D eigenvalue weighted by atomic mass is 9.94. The van der Waals surface area contributed by atoms with Crippen LogP contribution in [-0.4, -0.2) is 48.9 Å². The molecule has 6 rings (SSSR count). The van der Waals surface area contributed by atoms with Crippen LogP contribution in [0.2, 0.25) is 5.02 Å². The molecule has 0 spiro atoms. The number of halogens is 1. The number of thiophene rings is 1. The topological polar surface area (TPSA) is 101 Å². The molecule has 3 aliphatic rings. The molecule has 2 aliphatic heterocycles. The van der Waals surface area contributed by atoms with Crippen LogP contribution in [0.3, 0.4) is 0 Å². The van der Waals surface area contributed by atoms with Crippen LogP contribution in [0.1, 0.15) is 71.0 Å². The van der Waals surface area contributed by atoms with Crippen molar-refractivity contribution in [3.05, 3.63) is 62.0 Å². The van der Waals surface area contributed by atoms with Crippen molar-refractivity contribution < 1.29 is 14.7 Å². The highest BCUT2D eigenvalue weighted by Gasteiger charge is 2.38. The molecule has 1 N–H and O–H groups in total. The summed E-state index contributed by atoms with van der Waals surface area (Å²) >= 11 is 8.49. The number of carboxylic acid groups (broad SMARTS) is 1. The molecule has 4 heterocycles. The standard InChI is InChI=1S/C26H26ClN5O3S/c1-13-24-30-29-14(2)32(24)26-22(18-9-10-31(12-20(18)36-26)25(35)16-5-6-16)23(28-13)17-7-3-15(11-19(17)27)4-8-21(33)34/h3,7,11,13,16H,4-6,8-10,12H2,1-2H3,(H,33,34)/t13-/m0/s1. The molecular weight excluding hydrogens is 498 g/mol. The highest BCUT2D eigenvalue weighted by Crippen LogP contribution is 2.43. The van der Waals surface area contributed by atoms with E-state index < -0.39 is 5.97 Å². The first-order chi connectivity index (χ1) is 17.3. The lowest BCUT2D eigenvalue weighted by Crippen LogP contribution is -2.36. The van der Waals surface area contributed by atoms with Gasteiger partial charge in [-0.2, -0.15) is 0 Å². The van der Waals surface area contributed by atoms with Gasteiger partial charge >= 0.3 is 5.97 Å². The van der Waals surface area contributed by atoms with Gasteiger partial charge in [0, 0.05) is 34.9 Å². The number of amides is 1.